The summed E-state index contributed by atoms with van der Waals surface area (Å²) in [6, 6.07) is 12.5. The first-order chi connectivity index (χ1) is 9.85. The molecule has 1 unspecified atom stereocenters. The molecule has 0 aliphatic heterocycles. The minimum Gasteiger partial charge on any atom is -0.271 e. The Kier molecular flexibility index (Phi) is 3.78. The van der Waals surface area contributed by atoms with Gasteiger partial charge >= 0.3 is 0 Å². The second-order valence-electron chi connectivity index (χ2n) is 4.69. The number of hydrogen-bond donors (Lipinski definition) is 2. The summed E-state index contributed by atoms with van der Waals surface area (Å²) in [5.41, 5.74) is 6.36. The largest absolute Gasteiger partial charge is 0.271 e. The van der Waals surface area contributed by atoms with Crippen molar-refractivity contribution in [2.45, 2.75) is 19.4 Å². The summed E-state index contributed by atoms with van der Waals surface area (Å²) in [5, 5.41) is 3.36. The van der Waals surface area contributed by atoms with E-state index < -0.39 is 0 Å². The zero-order valence-electron chi connectivity index (χ0n) is 11.3. The highest BCUT2D eigenvalue weighted by Gasteiger charge is 2.19. The van der Waals surface area contributed by atoms with E-state index in [-0.39, 0.29) is 6.04 Å². The van der Waals surface area contributed by atoms with Crippen LogP contribution in [0.4, 0.5) is 0 Å². The summed E-state index contributed by atoms with van der Waals surface area (Å²) in [5.74, 6) is 5.83. The number of aromatic nitrogens is 1. The molecule has 1 atom stereocenters. The number of thiophene rings is 1. The highest BCUT2D eigenvalue weighted by atomic mass is 32.1. The molecule has 0 saturated heterocycles. The highest BCUT2D eigenvalue weighted by molar-refractivity contribution is 7.17. The topological polar surface area (TPSA) is 50.9 Å². The van der Waals surface area contributed by atoms with Gasteiger partial charge in [0, 0.05) is 10.9 Å². The third kappa shape index (κ3) is 2.22. The normalized spacial score (nSPS) is 12.7. The molecule has 3 rings (SSSR count). The van der Waals surface area contributed by atoms with Gasteiger partial charge < -0.3 is 0 Å². The van der Waals surface area contributed by atoms with Crippen molar-refractivity contribution in [2.24, 2.45) is 5.84 Å². The van der Waals surface area contributed by atoms with Gasteiger partial charge in [0.25, 0.3) is 0 Å². The van der Waals surface area contributed by atoms with Gasteiger partial charge in [-0.3, -0.25) is 10.8 Å². The van der Waals surface area contributed by atoms with E-state index in [1.807, 2.05) is 12.3 Å². The molecular formula is C16H17N3S. The van der Waals surface area contributed by atoms with E-state index in [1.165, 1.54) is 21.2 Å². The Morgan fingerprint density at radius 1 is 1.25 bits per heavy atom. The van der Waals surface area contributed by atoms with Gasteiger partial charge in [0.2, 0.25) is 0 Å². The lowest BCUT2D eigenvalue weighted by molar-refractivity contribution is 0.618. The Balaban J connectivity index is 2.16. The summed E-state index contributed by atoms with van der Waals surface area (Å²) in [6.45, 7) is 2.14. The Morgan fingerprint density at radius 2 is 2.15 bits per heavy atom. The van der Waals surface area contributed by atoms with E-state index in [1.54, 1.807) is 11.3 Å². The van der Waals surface area contributed by atoms with Crippen molar-refractivity contribution in [3.8, 4) is 0 Å². The molecule has 0 radical (unpaired) electrons. The van der Waals surface area contributed by atoms with E-state index in [0.717, 1.165) is 12.1 Å². The summed E-state index contributed by atoms with van der Waals surface area (Å²) in [6.07, 6.45) is 2.77. The maximum atomic E-state index is 5.83. The van der Waals surface area contributed by atoms with Crippen LogP contribution in [0.3, 0.4) is 0 Å². The Morgan fingerprint density at radius 3 is 2.95 bits per heavy atom. The molecule has 0 amide bonds. The van der Waals surface area contributed by atoms with E-state index in [2.05, 4.69) is 53.0 Å². The summed E-state index contributed by atoms with van der Waals surface area (Å²) < 4.78 is 1.27. The molecule has 1 aromatic carbocycles. The molecule has 3 N–H and O–H groups in total. The van der Waals surface area contributed by atoms with E-state index in [0.29, 0.717) is 0 Å². The SMILES string of the molecule is CCc1cccnc1C(NN)c1cccc2ccsc12. The average molecular weight is 283 g/mol. The monoisotopic (exact) mass is 283 g/mol. The molecule has 0 spiro atoms. The average Bonchev–Trinajstić information content (AvgIpc) is 2.98. The summed E-state index contributed by atoms with van der Waals surface area (Å²) in [7, 11) is 0. The fourth-order valence-corrected chi connectivity index (χ4v) is 3.51. The van der Waals surface area contributed by atoms with Gasteiger partial charge in [0.1, 0.15) is 0 Å². The molecule has 2 heterocycles. The smallest absolute Gasteiger partial charge is 0.0898 e. The van der Waals surface area contributed by atoms with Crippen molar-refractivity contribution < 1.29 is 0 Å². The zero-order chi connectivity index (χ0) is 13.9. The highest BCUT2D eigenvalue weighted by Crippen LogP contribution is 2.32. The quantitative estimate of drug-likeness (QED) is 0.570. The lowest BCUT2D eigenvalue weighted by Crippen LogP contribution is -2.30. The fraction of sp³-hybridized carbons (Fsp3) is 0.188. The molecule has 4 heteroatoms. The zero-order valence-corrected chi connectivity index (χ0v) is 12.2. The van der Waals surface area contributed by atoms with E-state index in [4.69, 9.17) is 5.84 Å². The van der Waals surface area contributed by atoms with Crippen molar-refractivity contribution in [1.29, 1.82) is 0 Å². The third-order valence-electron chi connectivity index (χ3n) is 3.57. The Labute approximate surface area is 122 Å². The fourth-order valence-electron chi connectivity index (χ4n) is 2.57. The second kappa shape index (κ2) is 5.71. The van der Waals surface area contributed by atoms with Crippen LogP contribution < -0.4 is 11.3 Å². The lowest BCUT2D eigenvalue weighted by atomic mass is 9.98. The van der Waals surface area contributed by atoms with Crippen LogP contribution in [-0.2, 0) is 6.42 Å². The van der Waals surface area contributed by atoms with E-state index >= 15 is 0 Å². The van der Waals surface area contributed by atoms with Crippen LogP contribution in [0.5, 0.6) is 0 Å². The number of hydrazine groups is 1. The van der Waals surface area contributed by atoms with Gasteiger partial charge in [-0.2, -0.15) is 0 Å². The van der Waals surface area contributed by atoms with Crippen LogP contribution in [0.25, 0.3) is 10.1 Å². The van der Waals surface area contributed by atoms with Gasteiger partial charge in [-0.15, -0.1) is 11.3 Å². The maximum Gasteiger partial charge on any atom is 0.0898 e. The van der Waals surface area contributed by atoms with Crippen LogP contribution in [0.2, 0.25) is 0 Å². The maximum absolute atomic E-state index is 5.83. The van der Waals surface area contributed by atoms with Crippen LogP contribution in [-0.4, -0.2) is 4.98 Å². The van der Waals surface area contributed by atoms with Crippen LogP contribution >= 0.6 is 11.3 Å². The Hall–Kier alpha value is -1.75. The number of fused-ring (bicyclic) bond motifs is 1. The molecule has 20 heavy (non-hydrogen) atoms. The standard InChI is InChI=1S/C16H17N3S/c1-2-11-6-4-9-18-14(11)15(19-17)13-7-3-5-12-8-10-20-16(12)13/h3-10,15,19H,2,17H2,1H3. The molecule has 0 bridgehead atoms. The lowest BCUT2D eigenvalue weighted by Gasteiger charge is -2.19. The van der Waals surface area contributed by atoms with Gasteiger partial charge in [0.05, 0.1) is 11.7 Å². The number of benzene rings is 1. The van der Waals surface area contributed by atoms with Crippen molar-refractivity contribution in [1.82, 2.24) is 10.4 Å². The minimum atomic E-state index is -0.0755. The first-order valence-corrected chi connectivity index (χ1v) is 7.59. The van der Waals surface area contributed by atoms with Crippen LogP contribution in [0.1, 0.15) is 29.8 Å². The van der Waals surface area contributed by atoms with Gasteiger partial charge in [-0.1, -0.05) is 31.2 Å². The molecule has 0 aliphatic carbocycles. The number of nitrogens with zero attached hydrogens (tertiary/aromatic N) is 1. The number of hydrogen-bond acceptors (Lipinski definition) is 4. The number of aryl methyl sites for hydroxylation is 1. The molecular weight excluding hydrogens is 266 g/mol. The third-order valence-corrected chi connectivity index (χ3v) is 4.55. The van der Waals surface area contributed by atoms with Gasteiger partial charge in [-0.05, 0) is 40.4 Å². The predicted octanol–water partition coefficient (Wildman–Crippen LogP) is 3.41. The van der Waals surface area contributed by atoms with Crippen molar-refractivity contribution in [3.05, 3.63) is 64.8 Å². The molecule has 3 aromatic rings. The molecule has 2 aromatic heterocycles. The van der Waals surface area contributed by atoms with E-state index in [9.17, 15) is 0 Å². The predicted molar refractivity (Wildman–Crippen MR) is 84.6 cm³/mol. The number of rotatable bonds is 4. The second-order valence-corrected chi connectivity index (χ2v) is 5.60. The Bertz CT molecular complexity index is 720. The molecule has 3 nitrogen and oxygen atoms in total. The molecule has 102 valence electrons. The molecule has 0 saturated carbocycles. The number of nitrogens with two attached hydrogens (primary N) is 1. The minimum absolute atomic E-state index is 0.0755. The van der Waals surface area contributed by atoms with Gasteiger partial charge in [-0.25, -0.2) is 5.43 Å². The van der Waals surface area contributed by atoms with Crippen LogP contribution in [0.15, 0.2) is 48.0 Å². The first-order valence-electron chi connectivity index (χ1n) is 6.71. The first kappa shape index (κ1) is 13.2. The van der Waals surface area contributed by atoms with Gasteiger partial charge in [0.15, 0.2) is 0 Å². The van der Waals surface area contributed by atoms with Crippen molar-refractivity contribution >= 4 is 21.4 Å². The summed E-state index contributed by atoms with van der Waals surface area (Å²) in [4.78, 5) is 4.55. The van der Waals surface area contributed by atoms with Crippen molar-refractivity contribution in [2.75, 3.05) is 0 Å². The van der Waals surface area contributed by atoms with Crippen LogP contribution in [0, 0.1) is 0 Å². The summed E-state index contributed by atoms with van der Waals surface area (Å²) >= 11 is 1.74. The number of nitrogens with one attached hydrogen (secondary N) is 1. The van der Waals surface area contributed by atoms with Crippen molar-refractivity contribution in [3.63, 3.8) is 0 Å². The number of pyridine rings is 1. The molecule has 0 aliphatic rings. The molecule has 0 fully saturated rings.